The van der Waals surface area contributed by atoms with Crippen molar-refractivity contribution < 1.29 is 13.2 Å². The van der Waals surface area contributed by atoms with Crippen LogP contribution in [-0.4, -0.2) is 49.9 Å². The number of aromatic nitrogens is 2. The normalized spacial score (nSPS) is 20.2. The van der Waals surface area contributed by atoms with Crippen molar-refractivity contribution in [1.29, 1.82) is 0 Å². The predicted octanol–water partition coefficient (Wildman–Crippen LogP) is 1.77. The predicted molar refractivity (Wildman–Crippen MR) is 125 cm³/mol. The van der Waals surface area contributed by atoms with Gasteiger partial charge in [-0.05, 0) is 30.7 Å². The number of aryl methyl sites for hydroxylation is 1. The van der Waals surface area contributed by atoms with Crippen molar-refractivity contribution >= 4 is 27.2 Å². The van der Waals surface area contributed by atoms with Crippen molar-refractivity contribution in [2.24, 2.45) is 4.99 Å². The number of ether oxygens (including phenoxy) is 1. The van der Waals surface area contributed by atoms with Gasteiger partial charge >= 0.3 is 0 Å². The summed E-state index contributed by atoms with van der Waals surface area (Å²) in [6.45, 7) is 4.46. The molecule has 4 rings (SSSR count). The monoisotopic (exact) mass is 454 g/mol. The average Bonchev–Trinajstić information content (AvgIpc) is 3.10. The molecule has 0 spiro atoms. The SMILES string of the molecule is Cc1ccc(Cn2ncc(N=C3C=C/C(=C4/CNCCO4)C=C3NS(C)(=O)=O)c2N)cc1. The highest BCUT2D eigenvalue weighted by Crippen LogP contribution is 2.26. The highest BCUT2D eigenvalue weighted by molar-refractivity contribution is 7.88. The Hall–Kier alpha value is -3.37. The first-order valence-corrected chi connectivity index (χ1v) is 12.1. The van der Waals surface area contributed by atoms with Gasteiger partial charge < -0.3 is 15.8 Å². The van der Waals surface area contributed by atoms with Crippen LogP contribution in [-0.2, 0) is 21.3 Å². The lowest BCUT2D eigenvalue weighted by atomic mass is 10.0. The summed E-state index contributed by atoms with van der Waals surface area (Å²) < 4.78 is 33.8. The van der Waals surface area contributed by atoms with Crippen LogP contribution in [0.25, 0.3) is 0 Å². The average molecular weight is 455 g/mol. The number of morpholine rings is 1. The van der Waals surface area contributed by atoms with Gasteiger partial charge in [-0.15, -0.1) is 0 Å². The van der Waals surface area contributed by atoms with E-state index in [1.54, 1.807) is 23.0 Å². The van der Waals surface area contributed by atoms with Gasteiger partial charge in [-0.3, -0.25) is 4.72 Å². The zero-order valence-electron chi connectivity index (χ0n) is 18.0. The zero-order chi connectivity index (χ0) is 22.7. The third kappa shape index (κ3) is 5.27. The number of nitrogens with zero attached hydrogens (tertiary/aromatic N) is 3. The number of anilines is 1. The van der Waals surface area contributed by atoms with E-state index in [0.717, 1.165) is 29.7 Å². The van der Waals surface area contributed by atoms with E-state index in [1.165, 1.54) is 5.56 Å². The number of nitrogens with two attached hydrogens (primary N) is 1. The van der Waals surface area contributed by atoms with Crippen molar-refractivity contribution in [1.82, 2.24) is 19.8 Å². The van der Waals surface area contributed by atoms with Crippen molar-refractivity contribution in [3.05, 3.63) is 76.8 Å². The molecule has 0 atom stereocenters. The van der Waals surface area contributed by atoms with E-state index in [1.807, 2.05) is 37.3 Å². The Morgan fingerprint density at radius 3 is 2.75 bits per heavy atom. The lowest BCUT2D eigenvalue weighted by Crippen LogP contribution is -2.31. The molecule has 0 unspecified atom stereocenters. The quantitative estimate of drug-likeness (QED) is 0.633. The smallest absolute Gasteiger partial charge is 0.229 e. The number of hydrogen-bond donors (Lipinski definition) is 3. The molecule has 1 aliphatic heterocycles. The molecule has 0 amide bonds. The fourth-order valence-electron chi connectivity index (χ4n) is 3.37. The molecule has 4 N–H and O–H groups in total. The van der Waals surface area contributed by atoms with E-state index in [9.17, 15) is 8.42 Å². The molecule has 1 saturated heterocycles. The van der Waals surface area contributed by atoms with Crippen molar-refractivity contribution in [2.75, 3.05) is 31.7 Å². The third-order valence-corrected chi connectivity index (χ3v) is 5.60. The number of hydrogen-bond acceptors (Lipinski definition) is 7. The van der Waals surface area contributed by atoms with Crippen LogP contribution >= 0.6 is 0 Å². The van der Waals surface area contributed by atoms with Gasteiger partial charge in [-0.2, -0.15) is 5.10 Å². The van der Waals surface area contributed by atoms with E-state index in [4.69, 9.17) is 10.5 Å². The Bertz CT molecular complexity index is 1230. The fourth-order valence-corrected chi connectivity index (χ4v) is 3.93. The number of aliphatic imine (C=N–C) groups is 1. The Morgan fingerprint density at radius 1 is 1.28 bits per heavy atom. The third-order valence-electron chi connectivity index (χ3n) is 5.01. The van der Waals surface area contributed by atoms with E-state index in [2.05, 4.69) is 20.1 Å². The molecule has 1 aromatic carbocycles. The topological polar surface area (TPSA) is 124 Å². The van der Waals surface area contributed by atoms with Crippen LogP contribution in [0.15, 0.2) is 70.7 Å². The van der Waals surface area contributed by atoms with Crippen molar-refractivity contribution in [2.45, 2.75) is 13.5 Å². The second-order valence-electron chi connectivity index (χ2n) is 7.72. The maximum Gasteiger partial charge on any atom is 0.229 e. The number of allylic oxidation sites excluding steroid dienone is 4. The van der Waals surface area contributed by atoms with Gasteiger partial charge in [-0.1, -0.05) is 29.8 Å². The summed E-state index contributed by atoms with van der Waals surface area (Å²) in [5, 5.41) is 7.59. The first-order chi connectivity index (χ1) is 15.3. The standard InChI is InChI=1S/C22H26N6O3S/c1-15-3-5-16(6-4-15)14-28-22(23)20(12-25-28)26-18-8-7-17(21-13-24-9-10-31-21)11-19(18)27-32(2,29)30/h3-8,11-12,24,27H,9-10,13-14,23H2,1-2H3/b21-17+,26-18?. The Labute approximate surface area is 187 Å². The summed E-state index contributed by atoms with van der Waals surface area (Å²) in [5.41, 5.74) is 10.6. The molecule has 9 nitrogen and oxygen atoms in total. The minimum Gasteiger partial charge on any atom is -0.495 e. The molecule has 1 aromatic heterocycles. The highest BCUT2D eigenvalue weighted by Gasteiger charge is 2.19. The molecule has 0 radical (unpaired) electrons. The summed E-state index contributed by atoms with van der Waals surface area (Å²) in [5.74, 6) is 1.15. The van der Waals surface area contributed by atoms with Crippen LogP contribution in [0.3, 0.4) is 0 Å². The van der Waals surface area contributed by atoms with Crippen LogP contribution in [0.1, 0.15) is 11.1 Å². The molecule has 32 heavy (non-hydrogen) atoms. The molecule has 0 saturated carbocycles. The molecular weight excluding hydrogens is 428 g/mol. The van der Waals surface area contributed by atoms with Gasteiger partial charge in [0.15, 0.2) is 0 Å². The van der Waals surface area contributed by atoms with Crippen molar-refractivity contribution in [3.63, 3.8) is 0 Å². The maximum atomic E-state index is 11.9. The molecule has 1 aliphatic carbocycles. The first kappa shape index (κ1) is 21.8. The van der Waals surface area contributed by atoms with Crippen LogP contribution in [0.5, 0.6) is 0 Å². The minimum atomic E-state index is -3.52. The molecule has 1 fully saturated rings. The van der Waals surface area contributed by atoms with E-state index in [0.29, 0.717) is 42.6 Å². The van der Waals surface area contributed by atoms with Crippen LogP contribution in [0, 0.1) is 6.92 Å². The van der Waals surface area contributed by atoms with Gasteiger partial charge in [-0.25, -0.2) is 18.1 Å². The summed E-state index contributed by atoms with van der Waals surface area (Å²) in [6.07, 6.45) is 7.98. The molecule has 2 aliphatic rings. The molecule has 0 bridgehead atoms. The first-order valence-electron chi connectivity index (χ1n) is 10.2. The van der Waals surface area contributed by atoms with Gasteiger partial charge in [0, 0.05) is 12.1 Å². The van der Waals surface area contributed by atoms with Gasteiger partial charge in [0.1, 0.15) is 23.9 Å². The number of benzene rings is 1. The lowest BCUT2D eigenvalue weighted by Gasteiger charge is -2.21. The zero-order valence-corrected chi connectivity index (χ0v) is 18.8. The molecule has 2 aromatic rings. The fraction of sp³-hybridized carbons (Fsp3) is 0.273. The Balaban J connectivity index is 1.64. The van der Waals surface area contributed by atoms with E-state index < -0.39 is 10.0 Å². The van der Waals surface area contributed by atoms with Crippen molar-refractivity contribution in [3.8, 4) is 0 Å². The van der Waals surface area contributed by atoms with E-state index >= 15 is 0 Å². The summed E-state index contributed by atoms with van der Waals surface area (Å²) in [6, 6.07) is 8.13. The maximum absolute atomic E-state index is 11.9. The lowest BCUT2D eigenvalue weighted by molar-refractivity contribution is 0.176. The largest absolute Gasteiger partial charge is 0.495 e. The number of rotatable bonds is 5. The summed E-state index contributed by atoms with van der Waals surface area (Å²) >= 11 is 0. The number of nitrogens with one attached hydrogen (secondary N) is 2. The second-order valence-corrected chi connectivity index (χ2v) is 9.47. The van der Waals surface area contributed by atoms with E-state index in [-0.39, 0.29) is 0 Å². The highest BCUT2D eigenvalue weighted by atomic mass is 32.2. The van der Waals surface area contributed by atoms with Gasteiger partial charge in [0.2, 0.25) is 10.0 Å². The molecule has 10 heteroatoms. The molecule has 2 heterocycles. The second kappa shape index (κ2) is 9.01. The summed E-state index contributed by atoms with van der Waals surface area (Å²) in [4.78, 5) is 4.59. The molecule has 168 valence electrons. The Kier molecular flexibility index (Phi) is 6.15. The number of sulfonamides is 1. The Morgan fingerprint density at radius 2 is 2.06 bits per heavy atom. The van der Waals surface area contributed by atoms with Crippen LogP contribution in [0.2, 0.25) is 0 Å². The summed E-state index contributed by atoms with van der Waals surface area (Å²) in [7, 11) is -3.52. The van der Waals surface area contributed by atoms with Gasteiger partial charge in [0.05, 0.1) is 37.0 Å². The molecular formula is C22H26N6O3S. The van der Waals surface area contributed by atoms with Gasteiger partial charge in [0.25, 0.3) is 0 Å². The minimum absolute atomic E-state index is 0.345. The van der Waals surface area contributed by atoms with Crippen LogP contribution in [0.4, 0.5) is 11.5 Å². The number of nitrogen functional groups attached to an aromatic ring is 1. The van der Waals surface area contributed by atoms with Crippen LogP contribution < -0.4 is 15.8 Å².